The van der Waals surface area contributed by atoms with Crippen molar-refractivity contribution in [1.29, 1.82) is 0 Å². The molecule has 0 aromatic heterocycles. The van der Waals surface area contributed by atoms with Crippen molar-refractivity contribution in [3.63, 3.8) is 0 Å². The van der Waals surface area contributed by atoms with Gasteiger partial charge in [-0.3, -0.25) is 4.72 Å². The number of nitrogens with one attached hydrogen (secondary N) is 2. The first kappa shape index (κ1) is 13.4. The lowest BCUT2D eigenvalue weighted by Gasteiger charge is -2.13. The van der Waals surface area contributed by atoms with Gasteiger partial charge in [-0.1, -0.05) is 26.0 Å². The summed E-state index contributed by atoms with van der Waals surface area (Å²) < 4.78 is 26.8. The van der Waals surface area contributed by atoms with Crippen molar-refractivity contribution in [2.24, 2.45) is 0 Å². The average molecular weight is 268 g/mol. The summed E-state index contributed by atoms with van der Waals surface area (Å²) in [7, 11) is -3.26. The van der Waals surface area contributed by atoms with Crippen LogP contribution in [0.25, 0.3) is 0 Å². The highest BCUT2D eigenvalue weighted by molar-refractivity contribution is 7.93. The van der Waals surface area contributed by atoms with Crippen LogP contribution < -0.4 is 10.0 Å². The zero-order valence-electron chi connectivity index (χ0n) is 10.8. The number of anilines is 1. The van der Waals surface area contributed by atoms with E-state index in [0.717, 1.165) is 6.54 Å². The van der Waals surface area contributed by atoms with Crippen molar-refractivity contribution in [3.05, 3.63) is 29.8 Å². The van der Waals surface area contributed by atoms with Gasteiger partial charge in [0, 0.05) is 12.2 Å². The SMILES string of the molecule is CC(C)c1ccc(NS(=O)(=O)C2CCNC2)cc1. The summed E-state index contributed by atoms with van der Waals surface area (Å²) in [6.07, 6.45) is 0.680. The first-order chi connectivity index (χ1) is 8.49. The molecule has 1 saturated heterocycles. The van der Waals surface area contributed by atoms with E-state index >= 15 is 0 Å². The van der Waals surface area contributed by atoms with Crippen LogP contribution in [-0.2, 0) is 10.0 Å². The Morgan fingerprint density at radius 2 is 1.94 bits per heavy atom. The molecule has 1 fully saturated rings. The molecular weight excluding hydrogens is 248 g/mol. The molecule has 0 saturated carbocycles. The van der Waals surface area contributed by atoms with E-state index in [-0.39, 0.29) is 5.25 Å². The molecule has 2 N–H and O–H groups in total. The predicted octanol–water partition coefficient (Wildman–Crippen LogP) is 1.91. The minimum atomic E-state index is -3.26. The molecule has 1 atom stereocenters. The van der Waals surface area contributed by atoms with E-state index < -0.39 is 10.0 Å². The van der Waals surface area contributed by atoms with Crippen molar-refractivity contribution in [2.45, 2.75) is 31.4 Å². The molecule has 0 amide bonds. The highest BCUT2D eigenvalue weighted by Crippen LogP contribution is 2.19. The third-order valence-electron chi connectivity index (χ3n) is 3.29. The van der Waals surface area contributed by atoms with Gasteiger partial charge in [-0.25, -0.2) is 8.42 Å². The Labute approximate surface area is 109 Å². The van der Waals surface area contributed by atoms with Crippen LogP contribution in [0.2, 0.25) is 0 Å². The average Bonchev–Trinajstić information content (AvgIpc) is 2.83. The molecule has 1 aromatic carbocycles. The molecule has 0 aliphatic carbocycles. The van der Waals surface area contributed by atoms with Crippen LogP contribution >= 0.6 is 0 Å². The van der Waals surface area contributed by atoms with Crippen LogP contribution in [0.4, 0.5) is 5.69 Å². The smallest absolute Gasteiger partial charge is 0.236 e. The third kappa shape index (κ3) is 3.03. The number of hydrogen-bond donors (Lipinski definition) is 2. The summed E-state index contributed by atoms with van der Waals surface area (Å²) in [5.74, 6) is 0.453. The quantitative estimate of drug-likeness (QED) is 0.877. The largest absolute Gasteiger partial charge is 0.315 e. The highest BCUT2D eigenvalue weighted by atomic mass is 32.2. The fourth-order valence-electron chi connectivity index (χ4n) is 2.08. The summed E-state index contributed by atoms with van der Waals surface area (Å²) >= 11 is 0. The van der Waals surface area contributed by atoms with Gasteiger partial charge in [0.2, 0.25) is 10.0 Å². The Bertz CT molecular complexity index is 488. The maximum absolute atomic E-state index is 12.1. The number of benzene rings is 1. The minimum absolute atomic E-state index is 0.317. The Morgan fingerprint density at radius 1 is 1.28 bits per heavy atom. The van der Waals surface area contributed by atoms with Crippen molar-refractivity contribution < 1.29 is 8.42 Å². The van der Waals surface area contributed by atoms with E-state index in [1.165, 1.54) is 5.56 Å². The fourth-order valence-corrected chi connectivity index (χ4v) is 3.47. The fraction of sp³-hybridized carbons (Fsp3) is 0.538. The van der Waals surface area contributed by atoms with E-state index in [4.69, 9.17) is 0 Å². The normalized spacial score (nSPS) is 20.3. The molecule has 2 rings (SSSR count). The molecular formula is C13H20N2O2S. The van der Waals surface area contributed by atoms with Crippen molar-refractivity contribution in [3.8, 4) is 0 Å². The van der Waals surface area contributed by atoms with E-state index in [0.29, 0.717) is 24.6 Å². The molecule has 1 aliphatic heterocycles. The van der Waals surface area contributed by atoms with Gasteiger partial charge in [-0.05, 0) is 36.6 Å². The lowest BCUT2D eigenvalue weighted by Crippen LogP contribution is -2.29. The predicted molar refractivity (Wildman–Crippen MR) is 74.3 cm³/mol. The number of hydrogen-bond acceptors (Lipinski definition) is 3. The van der Waals surface area contributed by atoms with Crippen LogP contribution in [0, 0.1) is 0 Å². The second-order valence-electron chi connectivity index (χ2n) is 5.04. The van der Waals surface area contributed by atoms with Crippen LogP contribution in [0.1, 0.15) is 31.7 Å². The maximum Gasteiger partial charge on any atom is 0.236 e. The lowest BCUT2D eigenvalue weighted by atomic mass is 10.0. The number of rotatable bonds is 4. The molecule has 5 heteroatoms. The topological polar surface area (TPSA) is 58.2 Å². The second kappa shape index (κ2) is 5.28. The minimum Gasteiger partial charge on any atom is -0.315 e. The van der Waals surface area contributed by atoms with Crippen molar-refractivity contribution in [1.82, 2.24) is 5.32 Å². The standard InChI is InChI=1S/C13H20N2O2S/c1-10(2)11-3-5-12(6-4-11)15-18(16,17)13-7-8-14-9-13/h3-6,10,13-15H,7-9H2,1-2H3. The van der Waals surface area contributed by atoms with Crippen molar-refractivity contribution >= 4 is 15.7 Å². The van der Waals surface area contributed by atoms with Gasteiger partial charge in [0.1, 0.15) is 0 Å². The van der Waals surface area contributed by atoms with Gasteiger partial charge in [0.05, 0.1) is 5.25 Å². The molecule has 0 spiro atoms. The molecule has 4 nitrogen and oxygen atoms in total. The van der Waals surface area contributed by atoms with Crippen LogP contribution in [0.15, 0.2) is 24.3 Å². The van der Waals surface area contributed by atoms with Crippen LogP contribution in [0.5, 0.6) is 0 Å². The second-order valence-corrected chi connectivity index (χ2v) is 7.00. The summed E-state index contributed by atoms with van der Waals surface area (Å²) in [5, 5.41) is 2.75. The first-order valence-corrected chi connectivity index (χ1v) is 7.86. The van der Waals surface area contributed by atoms with Gasteiger partial charge >= 0.3 is 0 Å². The summed E-state index contributed by atoms with van der Waals surface area (Å²) in [4.78, 5) is 0. The molecule has 18 heavy (non-hydrogen) atoms. The lowest BCUT2D eigenvalue weighted by molar-refractivity contribution is 0.588. The number of sulfonamides is 1. The summed E-state index contributed by atoms with van der Waals surface area (Å²) in [6, 6.07) is 7.59. The van der Waals surface area contributed by atoms with Crippen LogP contribution in [-0.4, -0.2) is 26.8 Å². The third-order valence-corrected chi connectivity index (χ3v) is 5.09. The molecule has 1 heterocycles. The molecule has 1 unspecified atom stereocenters. The molecule has 100 valence electrons. The van der Waals surface area contributed by atoms with Crippen molar-refractivity contribution in [2.75, 3.05) is 17.8 Å². The Balaban J connectivity index is 2.09. The zero-order valence-corrected chi connectivity index (χ0v) is 11.6. The summed E-state index contributed by atoms with van der Waals surface area (Å²) in [5.41, 5.74) is 1.85. The van der Waals surface area contributed by atoms with Gasteiger partial charge in [0.25, 0.3) is 0 Å². The molecule has 1 aliphatic rings. The Kier molecular flexibility index (Phi) is 3.92. The van der Waals surface area contributed by atoms with Gasteiger partial charge in [-0.15, -0.1) is 0 Å². The van der Waals surface area contributed by atoms with E-state index in [9.17, 15) is 8.42 Å². The first-order valence-electron chi connectivity index (χ1n) is 6.31. The molecule has 0 radical (unpaired) electrons. The molecule has 1 aromatic rings. The van der Waals surface area contributed by atoms with E-state index in [2.05, 4.69) is 23.9 Å². The summed E-state index contributed by atoms with van der Waals surface area (Å²) in [6.45, 7) is 5.55. The molecule has 0 bridgehead atoms. The van der Waals surface area contributed by atoms with Gasteiger partial charge < -0.3 is 5.32 Å². The Morgan fingerprint density at radius 3 is 2.44 bits per heavy atom. The van der Waals surface area contributed by atoms with Gasteiger partial charge in [-0.2, -0.15) is 0 Å². The zero-order chi connectivity index (χ0) is 13.2. The monoisotopic (exact) mass is 268 g/mol. The van der Waals surface area contributed by atoms with E-state index in [1.807, 2.05) is 24.3 Å². The van der Waals surface area contributed by atoms with Crippen LogP contribution in [0.3, 0.4) is 0 Å². The highest BCUT2D eigenvalue weighted by Gasteiger charge is 2.28. The Hall–Kier alpha value is -1.07. The van der Waals surface area contributed by atoms with E-state index in [1.54, 1.807) is 0 Å². The maximum atomic E-state index is 12.1. The van der Waals surface area contributed by atoms with Gasteiger partial charge in [0.15, 0.2) is 0 Å².